The van der Waals surface area contributed by atoms with Crippen molar-refractivity contribution in [2.45, 2.75) is 6.42 Å². The molecule has 90 valence electrons. The fraction of sp³-hybridized carbons (Fsp3) is 0.214. The van der Waals surface area contributed by atoms with E-state index in [0.717, 1.165) is 0 Å². The second-order valence-corrected chi connectivity index (χ2v) is 3.35. The molecule has 3 heteroatoms. The summed E-state index contributed by atoms with van der Waals surface area (Å²) >= 11 is 0. The topological polar surface area (TPSA) is 35.5 Å². The Labute approximate surface area is 101 Å². The molecule has 1 aliphatic heterocycles. The molecule has 1 aliphatic rings. The summed E-state index contributed by atoms with van der Waals surface area (Å²) in [6, 6.07) is 10.0. The maximum Gasteiger partial charge on any atom is 0.334 e. The number of carbonyl (C=O) groups excluding carboxylic acids is 1. The van der Waals surface area contributed by atoms with Crippen LogP contribution in [0.5, 0.6) is 0 Å². The molecule has 0 radical (unpaired) electrons. The van der Waals surface area contributed by atoms with Crippen LogP contribution in [-0.4, -0.2) is 19.7 Å². The van der Waals surface area contributed by atoms with Crippen molar-refractivity contribution in [1.82, 2.24) is 0 Å². The fourth-order valence-electron chi connectivity index (χ4n) is 1.25. The Balaban J connectivity index is 0.000000171. The van der Waals surface area contributed by atoms with Gasteiger partial charge in [0.1, 0.15) is 5.76 Å². The molecule has 0 aromatic heterocycles. The molecule has 0 saturated carbocycles. The molecule has 3 nitrogen and oxygen atoms in total. The number of rotatable bonds is 2. The van der Waals surface area contributed by atoms with Gasteiger partial charge in [-0.15, -0.1) is 0 Å². The highest BCUT2D eigenvalue weighted by Gasteiger charge is 2.09. The quantitative estimate of drug-likeness (QED) is 0.735. The number of hydrogen-bond acceptors (Lipinski definition) is 3. The Kier molecular flexibility index (Phi) is 5.58. The van der Waals surface area contributed by atoms with Gasteiger partial charge in [0, 0.05) is 6.42 Å². The zero-order valence-corrected chi connectivity index (χ0v) is 9.89. The van der Waals surface area contributed by atoms with Gasteiger partial charge in [-0.2, -0.15) is 0 Å². The first-order chi connectivity index (χ1) is 8.26. The third kappa shape index (κ3) is 5.02. The van der Waals surface area contributed by atoms with E-state index in [2.05, 4.69) is 11.3 Å². The van der Waals surface area contributed by atoms with Gasteiger partial charge < -0.3 is 9.47 Å². The number of esters is 1. The van der Waals surface area contributed by atoms with Crippen molar-refractivity contribution < 1.29 is 14.3 Å². The van der Waals surface area contributed by atoms with Gasteiger partial charge in [-0.3, -0.25) is 0 Å². The van der Waals surface area contributed by atoms with E-state index in [1.165, 1.54) is 11.6 Å². The highest BCUT2D eigenvalue weighted by atomic mass is 16.5. The third-order valence-electron chi connectivity index (χ3n) is 2.17. The molecule has 1 aromatic carbocycles. The zero-order chi connectivity index (χ0) is 12.5. The van der Waals surface area contributed by atoms with Gasteiger partial charge in [0.25, 0.3) is 0 Å². The average Bonchev–Trinajstić information content (AvgIpc) is 2.40. The lowest BCUT2D eigenvalue weighted by Gasteiger charge is -2.10. The summed E-state index contributed by atoms with van der Waals surface area (Å²) in [5.74, 6) is 0.393. The molecule has 0 N–H and O–H groups in total. The molecule has 0 unspecified atom stereocenters. The lowest BCUT2D eigenvalue weighted by Crippen LogP contribution is -2.11. The van der Waals surface area contributed by atoms with Crippen molar-refractivity contribution in [3.05, 3.63) is 54.3 Å². The van der Waals surface area contributed by atoms with E-state index in [4.69, 9.17) is 4.74 Å². The van der Waals surface area contributed by atoms with Crippen LogP contribution in [0.1, 0.15) is 12.0 Å². The average molecular weight is 232 g/mol. The highest BCUT2D eigenvalue weighted by Crippen LogP contribution is 2.07. The Bertz CT molecular complexity index is 393. The van der Waals surface area contributed by atoms with Crippen molar-refractivity contribution >= 4 is 12.0 Å². The molecule has 1 aromatic rings. The van der Waals surface area contributed by atoms with Gasteiger partial charge in [0.05, 0.1) is 19.8 Å². The van der Waals surface area contributed by atoms with Crippen molar-refractivity contribution in [3.8, 4) is 0 Å². The Hall–Kier alpha value is -2.03. The largest absolute Gasteiger partial charge is 0.501 e. The van der Waals surface area contributed by atoms with Gasteiger partial charge in [-0.25, -0.2) is 4.79 Å². The van der Waals surface area contributed by atoms with Crippen molar-refractivity contribution in [3.63, 3.8) is 0 Å². The summed E-state index contributed by atoms with van der Waals surface area (Å²) in [5, 5.41) is 0. The predicted molar refractivity (Wildman–Crippen MR) is 67.2 cm³/mol. The summed E-state index contributed by atoms with van der Waals surface area (Å²) in [4.78, 5) is 10.5. The molecular weight excluding hydrogens is 216 g/mol. The van der Waals surface area contributed by atoms with E-state index >= 15 is 0 Å². The second-order valence-electron chi connectivity index (χ2n) is 3.35. The lowest BCUT2D eigenvalue weighted by molar-refractivity contribution is -0.139. The van der Waals surface area contributed by atoms with Crippen LogP contribution < -0.4 is 0 Å². The first-order valence-electron chi connectivity index (χ1n) is 5.35. The minimum Gasteiger partial charge on any atom is -0.501 e. The molecule has 0 bridgehead atoms. The molecule has 0 atom stereocenters. The van der Waals surface area contributed by atoms with E-state index in [9.17, 15) is 4.79 Å². The Morgan fingerprint density at radius 3 is 2.47 bits per heavy atom. The van der Waals surface area contributed by atoms with Crippen LogP contribution in [-0.2, 0) is 14.3 Å². The molecule has 0 aliphatic carbocycles. The number of cyclic esters (lactones) is 1. The van der Waals surface area contributed by atoms with Crippen LogP contribution in [0, 0.1) is 0 Å². The molecule has 1 heterocycles. The number of hydrogen-bond donors (Lipinski definition) is 0. The van der Waals surface area contributed by atoms with E-state index in [-0.39, 0.29) is 5.97 Å². The molecule has 0 amide bonds. The first kappa shape index (κ1) is 13.0. The lowest BCUT2D eigenvalue weighted by atomic mass is 10.2. The van der Waals surface area contributed by atoms with E-state index < -0.39 is 0 Å². The summed E-state index contributed by atoms with van der Waals surface area (Å²) < 4.78 is 9.44. The van der Waals surface area contributed by atoms with Gasteiger partial charge in [0.15, 0.2) is 0 Å². The molecule has 17 heavy (non-hydrogen) atoms. The van der Waals surface area contributed by atoms with Crippen molar-refractivity contribution in [2.75, 3.05) is 13.7 Å². The highest BCUT2D eigenvalue weighted by molar-refractivity contribution is 5.83. The van der Waals surface area contributed by atoms with Crippen LogP contribution in [0.15, 0.2) is 48.7 Å². The van der Waals surface area contributed by atoms with Gasteiger partial charge in [-0.05, 0) is 5.56 Å². The predicted octanol–water partition coefficient (Wildman–Crippen LogP) is 2.79. The van der Waals surface area contributed by atoms with Crippen LogP contribution >= 0.6 is 0 Å². The standard InChI is InChI=1S/C8H8.C6H8O3/c1-2-8-6-4-3-5-7-8;1-8-5-2-3-9-6(7)4-5/h2-7H,1H2;4H,2-3H2,1H3. The Morgan fingerprint density at radius 2 is 2.06 bits per heavy atom. The van der Waals surface area contributed by atoms with Gasteiger partial charge in [0.2, 0.25) is 0 Å². The molecular formula is C14H16O3. The molecule has 2 rings (SSSR count). The van der Waals surface area contributed by atoms with Gasteiger partial charge >= 0.3 is 5.97 Å². The van der Waals surface area contributed by atoms with E-state index in [1.807, 2.05) is 36.4 Å². The summed E-state index contributed by atoms with van der Waals surface area (Å²) in [6.45, 7) is 4.07. The molecule has 0 spiro atoms. The van der Waals surface area contributed by atoms with Crippen molar-refractivity contribution in [2.24, 2.45) is 0 Å². The molecule has 0 saturated heterocycles. The summed E-state index contributed by atoms with van der Waals surface area (Å²) in [5.41, 5.74) is 1.17. The van der Waals surface area contributed by atoms with Crippen molar-refractivity contribution in [1.29, 1.82) is 0 Å². The Morgan fingerprint density at radius 1 is 1.35 bits per heavy atom. The third-order valence-corrected chi connectivity index (χ3v) is 2.17. The van der Waals surface area contributed by atoms with Gasteiger partial charge in [-0.1, -0.05) is 43.0 Å². The SMILES string of the molecule is C=Cc1ccccc1.COC1=CC(=O)OCC1. The normalized spacial score (nSPS) is 13.7. The monoisotopic (exact) mass is 232 g/mol. The fourth-order valence-corrected chi connectivity index (χ4v) is 1.25. The zero-order valence-electron chi connectivity index (χ0n) is 9.89. The number of ether oxygens (including phenoxy) is 2. The van der Waals surface area contributed by atoms with E-state index in [0.29, 0.717) is 18.8 Å². The van der Waals surface area contributed by atoms with Crippen LogP contribution in [0.2, 0.25) is 0 Å². The number of benzene rings is 1. The minimum absolute atomic E-state index is 0.307. The minimum atomic E-state index is -0.307. The molecule has 0 fully saturated rings. The smallest absolute Gasteiger partial charge is 0.334 e. The number of methoxy groups -OCH3 is 1. The second kappa shape index (κ2) is 7.28. The van der Waals surface area contributed by atoms with Crippen LogP contribution in [0.3, 0.4) is 0 Å². The summed E-state index contributed by atoms with van der Waals surface area (Å²) in [7, 11) is 1.55. The van der Waals surface area contributed by atoms with E-state index in [1.54, 1.807) is 7.11 Å². The summed E-state index contributed by atoms with van der Waals surface area (Å²) in [6.07, 6.45) is 3.89. The van der Waals surface area contributed by atoms with Crippen LogP contribution in [0.4, 0.5) is 0 Å². The maximum absolute atomic E-state index is 10.5. The maximum atomic E-state index is 10.5. The van der Waals surface area contributed by atoms with Crippen LogP contribution in [0.25, 0.3) is 6.08 Å². The first-order valence-corrected chi connectivity index (χ1v) is 5.35. The number of carbonyl (C=O) groups is 1.